The number of hydrogen-bond donors (Lipinski definition) is 1. The molecule has 0 atom stereocenters. The molecule has 0 fully saturated rings. The van der Waals surface area contributed by atoms with E-state index < -0.39 is 0 Å². The molecule has 0 aliphatic rings. The highest BCUT2D eigenvalue weighted by atomic mass is 32.1. The van der Waals surface area contributed by atoms with Gasteiger partial charge in [0.2, 0.25) is 0 Å². The fourth-order valence-electron chi connectivity index (χ4n) is 1.95. The molecule has 0 saturated heterocycles. The molecule has 0 radical (unpaired) electrons. The Balaban J connectivity index is 1.92. The second-order valence-corrected chi connectivity index (χ2v) is 5.39. The first-order valence-corrected chi connectivity index (χ1v) is 7.24. The second kappa shape index (κ2) is 5.42. The molecular formula is C14H15N5S. The molecule has 1 N–H and O–H groups in total. The van der Waals surface area contributed by atoms with Crippen LogP contribution in [-0.2, 0) is 0 Å². The van der Waals surface area contributed by atoms with E-state index in [9.17, 15) is 0 Å². The maximum Gasteiger partial charge on any atom is 0.146 e. The van der Waals surface area contributed by atoms with Gasteiger partial charge in [0, 0.05) is 29.4 Å². The Kier molecular flexibility index (Phi) is 3.47. The zero-order valence-electron chi connectivity index (χ0n) is 11.3. The summed E-state index contributed by atoms with van der Waals surface area (Å²) in [5.41, 5.74) is 2.00. The molecule has 102 valence electrons. The quantitative estimate of drug-likeness (QED) is 0.799. The van der Waals surface area contributed by atoms with Crippen molar-refractivity contribution in [2.24, 2.45) is 0 Å². The molecule has 0 bridgehead atoms. The topological polar surface area (TPSA) is 55.6 Å². The van der Waals surface area contributed by atoms with E-state index in [0.29, 0.717) is 6.04 Å². The predicted octanol–water partition coefficient (Wildman–Crippen LogP) is 3.21. The van der Waals surface area contributed by atoms with E-state index in [0.717, 1.165) is 22.9 Å². The van der Waals surface area contributed by atoms with Crippen LogP contribution in [0.2, 0.25) is 0 Å². The number of nitrogens with zero attached hydrogens (tertiary/aromatic N) is 4. The van der Waals surface area contributed by atoms with Crippen molar-refractivity contribution in [3.8, 4) is 17.1 Å². The monoisotopic (exact) mass is 285 g/mol. The number of nitrogens with one attached hydrogen (secondary N) is 1. The van der Waals surface area contributed by atoms with Crippen molar-refractivity contribution in [1.82, 2.24) is 18.9 Å². The number of hydrogen-bond acceptors (Lipinski definition) is 5. The zero-order valence-corrected chi connectivity index (χ0v) is 12.1. The molecule has 0 amide bonds. The van der Waals surface area contributed by atoms with Gasteiger partial charge in [-0.05, 0) is 37.5 Å². The van der Waals surface area contributed by atoms with Crippen LogP contribution in [0.4, 0.5) is 5.82 Å². The maximum atomic E-state index is 4.42. The van der Waals surface area contributed by atoms with Gasteiger partial charge in [-0.1, -0.05) is 0 Å². The van der Waals surface area contributed by atoms with Crippen LogP contribution in [0, 0.1) is 0 Å². The molecule has 3 aromatic rings. The van der Waals surface area contributed by atoms with Crippen LogP contribution in [0.15, 0.2) is 42.3 Å². The second-order valence-electron chi connectivity index (χ2n) is 4.73. The average molecular weight is 285 g/mol. The van der Waals surface area contributed by atoms with Crippen LogP contribution >= 0.6 is 11.5 Å². The molecule has 3 aromatic heterocycles. The predicted molar refractivity (Wildman–Crippen MR) is 81.2 cm³/mol. The van der Waals surface area contributed by atoms with Crippen LogP contribution < -0.4 is 5.32 Å². The standard InChI is InChI=1S/C14H15N5S/c1-10(2)18-13-4-3-12(8-16-13)19-6-5-15-14(19)11-7-17-20-9-11/h3-10H,1-2H3,(H,16,18). The lowest BCUT2D eigenvalue weighted by atomic mass is 10.3. The number of pyridine rings is 1. The zero-order chi connectivity index (χ0) is 13.9. The third-order valence-electron chi connectivity index (χ3n) is 2.79. The van der Waals surface area contributed by atoms with Gasteiger partial charge in [0.05, 0.1) is 18.1 Å². The van der Waals surface area contributed by atoms with Crippen LogP contribution in [-0.4, -0.2) is 25.0 Å². The van der Waals surface area contributed by atoms with Crippen molar-refractivity contribution < 1.29 is 0 Å². The molecule has 3 rings (SSSR count). The lowest BCUT2D eigenvalue weighted by Gasteiger charge is -2.10. The van der Waals surface area contributed by atoms with Gasteiger partial charge in [-0.15, -0.1) is 0 Å². The highest BCUT2D eigenvalue weighted by Gasteiger charge is 2.09. The number of aromatic nitrogens is 4. The third-order valence-corrected chi connectivity index (χ3v) is 3.38. The highest BCUT2D eigenvalue weighted by molar-refractivity contribution is 7.03. The number of imidazole rings is 1. The van der Waals surface area contributed by atoms with Crippen molar-refractivity contribution in [2.75, 3.05) is 5.32 Å². The summed E-state index contributed by atoms with van der Waals surface area (Å²) in [5, 5.41) is 5.26. The van der Waals surface area contributed by atoms with Gasteiger partial charge in [0.1, 0.15) is 11.6 Å². The van der Waals surface area contributed by atoms with Crippen LogP contribution in [0.3, 0.4) is 0 Å². The fourth-order valence-corrected chi connectivity index (χ4v) is 2.47. The van der Waals surface area contributed by atoms with Crippen molar-refractivity contribution in [3.05, 3.63) is 42.3 Å². The lowest BCUT2D eigenvalue weighted by Crippen LogP contribution is -2.11. The van der Waals surface area contributed by atoms with Gasteiger partial charge in [0.25, 0.3) is 0 Å². The summed E-state index contributed by atoms with van der Waals surface area (Å²) in [4.78, 5) is 8.82. The molecule has 20 heavy (non-hydrogen) atoms. The summed E-state index contributed by atoms with van der Waals surface area (Å²) in [6.45, 7) is 4.18. The summed E-state index contributed by atoms with van der Waals surface area (Å²) in [7, 11) is 0. The van der Waals surface area contributed by atoms with Gasteiger partial charge in [-0.3, -0.25) is 4.57 Å². The smallest absolute Gasteiger partial charge is 0.146 e. The Bertz CT molecular complexity index is 670. The number of anilines is 1. The lowest BCUT2D eigenvalue weighted by molar-refractivity contribution is 0.888. The summed E-state index contributed by atoms with van der Waals surface area (Å²) in [5.74, 6) is 1.76. The van der Waals surface area contributed by atoms with E-state index in [1.54, 1.807) is 6.20 Å². The highest BCUT2D eigenvalue weighted by Crippen LogP contribution is 2.22. The Morgan fingerprint density at radius 2 is 2.10 bits per heavy atom. The molecule has 0 aromatic carbocycles. The molecule has 6 heteroatoms. The Morgan fingerprint density at radius 1 is 1.20 bits per heavy atom. The first-order valence-electron chi connectivity index (χ1n) is 6.40. The van der Waals surface area contributed by atoms with E-state index in [2.05, 4.69) is 33.5 Å². The SMILES string of the molecule is CC(C)Nc1ccc(-n2ccnc2-c2cnsc2)cn1. The van der Waals surface area contributed by atoms with E-state index in [-0.39, 0.29) is 0 Å². The maximum absolute atomic E-state index is 4.42. The van der Waals surface area contributed by atoms with Gasteiger partial charge in [0.15, 0.2) is 0 Å². The Hall–Kier alpha value is -2.21. The van der Waals surface area contributed by atoms with Gasteiger partial charge >= 0.3 is 0 Å². The largest absolute Gasteiger partial charge is 0.368 e. The van der Waals surface area contributed by atoms with Crippen LogP contribution in [0.1, 0.15) is 13.8 Å². The van der Waals surface area contributed by atoms with E-state index in [1.165, 1.54) is 11.5 Å². The average Bonchev–Trinajstić information content (AvgIpc) is 3.09. The molecule has 0 aliphatic heterocycles. The van der Waals surface area contributed by atoms with E-state index in [4.69, 9.17) is 0 Å². The first kappa shape index (κ1) is 12.8. The molecule has 0 unspecified atom stereocenters. The van der Waals surface area contributed by atoms with Crippen LogP contribution in [0.25, 0.3) is 17.1 Å². The van der Waals surface area contributed by atoms with Crippen molar-refractivity contribution in [1.29, 1.82) is 0 Å². The first-order chi connectivity index (χ1) is 9.74. The summed E-state index contributed by atoms with van der Waals surface area (Å²) in [6, 6.07) is 4.38. The molecule has 3 heterocycles. The molecule has 5 nitrogen and oxygen atoms in total. The van der Waals surface area contributed by atoms with E-state index in [1.807, 2.05) is 40.7 Å². The normalized spacial score (nSPS) is 10.9. The molecule has 0 saturated carbocycles. The van der Waals surface area contributed by atoms with Gasteiger partial charge in [-0.2, -0.15) is 0 Å². The van der Waals surface area contributed by atoms with Crippen molar-refractivity contribution in [2.45, 2.75) is 19.9 Å². The minimum Gasteiger partial charge on any atom is -0.368 e. The minimum absolute atomic E-state index is 0.369. The summed E-state index contributed by atoms with van der Waals surface area (Å²) in [6.07, 6.45) is 7.38. The third kappa shape index (κ3) is 2.55. The summed E-state index contributed by atoms with van der Waals surface area (Å²) < 4.78 is 6.13. The minimum atomic E-state index is 0.369. The Labute approximate surface area is 121 Å². The fraction of sp³-hybridized carbons (Fsp3) is 0.214. The molecule has 0 aliphatic carbocycles. The molecule has 0 spiro atoms. The van der Waals surface area contributed by atoms with Crippen molar-refractivity contribution in [3.63, 3.8) is 0 Å². The van der Waals surface area contributed by atoms with Gasteiger partial charge < -0.3 is 5.32 Å². The molecular weight excluding hydrogens is 270 g/mol. The summed E-state index contributed by atoms with van der Waals surface area (Å²) >= 11 is 1.42. The van der Waals surface area contributed by atoms with Crippen LogP contribution in [0.5, 0.6) is 0 Å². The number of rotatable bonds is 4. The van der Waals surface area contributed by atoms with Gasteiger partial charge in [-0.25, -0.2) is 14.3 Å². The van der Waals surface area contributed by atoms with Crippen molar-refractivity contribution >= 4 is 17.4 Å². The van der Waals surface area contributed by atoms with E-state index >= 15 is 0 Å². The Morgan fingerprint density at radius 3 is 2.75 bits per heavy atom.